The molecule has 0 aliphatic carbocycles. The molecule has 2 heterocycles. The van der Waals surface area contributed by atoms with Gasteiger partial charge >= 0.3 is 0 Å². The van der Waals surface area contributed by atoms with Gasteiger partial charge in [0.05, 0.1) is 23.2 Å². The van der Waals surface area contributed by atoms with E-state index in [0.717, 1.165) is 6.42 Å². The number of rotatable bonds is 5. The van der Waals surface area contributed by atoms with Crippen molar-refractivity contribution in [2.75, 3.05) is 19.7 Å². The third-order valence-electron chi connectivity index (χ3n) is 4.07. The van der Waals surface area contributed by atoms with E-state index < -0.39 is 10.0 Å². The van der Waals surface area contributed by atoms with Crippen LogP contribution in [0.4, 0.5) is 0 Å². The first kappa shape index (κ1) is 18.6. The van der Waals surface area contributed by atoms with Gasteiger partial charge < -0.3 is 14.2 Å². The molecule has 1 atom stereocenters. The van der Waals surface area contributed by atoms with Crippen LogP contribution in [0.25, 0.3) is 0 Å². The second-order valence-electron chi connectivity index (χ2n) is 6.13. The molecule has 0 bridgehead atoms. The molecule has 1 aromatic carbocycles. The van der Waals surface area contributed by atoms with Gasteiger partial charge in [-0.3, -0.25) is 4.79 Å². The van der Waals surface area contributed by atoms with Crippen molar-refractivity contribution in [3.63, 3.8) is 0 Å². The van der Waals surface area contributed by atoms with Crippen molar-refractivity contribution in [3.05, 3.63) is 47.9 Å². The Kier molecular flexibility index (Phi) is 5.70. The molecule has 1 aromatic heterocycles. The normalized spacial score (nSPS) is 18.5. The first-order valence-electron chi connectivity index (χ1n) is 8.35. The minimum atomic E-state index is -3.77. The molecule has 1 fully saturated rings. The van der Waals surface area contributed by atoms with Gasteiger partial charge in [-0.2, -0.15) is 0 Å². The zero-order chi connectivity index (χ0) is 18.6. The lowest BCUT2D eigenvalue weighted by molar-refractivity contribution is 0.0562. The van der Waals surface area contributed by atoms with Crippen molar-refractivity contribution in [2.24, 2.45) is 0 Å². The fourth-order valence-corrected chi connectivity index (χ4v) is 3.78. The van der Waals surface area contributed by atoms with Gasteiger partial charge in [-0.05, 0) is 31.5 Å². The number of ether oxygens (including phenoxy) is 1. The Morgan fingerprint density at radius 2 is 2.23 bits per heavy atom. The van der Waals surface area contributed by atoms with Gasteiger partial charge in [-0.25, -0.2) is 13.1 Å². The number of benzene rings is 1. The van der Waals surface area contributed by atoms with Crippen LogP contribution in [-0.2, 0) is 21.3 Å². The number of sulfonamides is 1. The molecule has 1 N–H and O–H groups in total. The van der Waals surface area contributed by atoms with Crippen LogP contribution in [0, 0.1) is 0 Å². The Labute approximate surface area is 152 Å². The molecular formula is C17H21N3O5S. The summed E-state index contributed by atoms with van der Waals surface area (Å²) in [6.07, 6.45) is 2.08. The van der Waals surface area contributed by atoms with Crippen molar-refractivity contribution in [3.8, 4) is 0 Å². The fraction of sp³-hybridized carbons (Fsp3) is 0.412. The Bertz CT molecular complexity index is 851. The Morgan fingerprint density at radius 3 is 3.00 bits per heavy atom. The number of nitrogens with one attached hydrogen (secondary N) is 1. The van der Waals surface area contributed by atoms with Gasteiger partial charge in [0.15, 0.2) is 0 Å². The summed E-state index contributed by atoms with van der Waals surface area (Å²) in [7, 11) is -3.77. The second-order valence-corrected chi connectivity index (χ2v) is 7.90. The molecule has 0 radical (unpaired) electrons. The molecule has 3 rings (SSSR count). The molecule has 0 saturated carbocycles. The molecule has 26 heavy (non-hydrogen) atoms. The predicted molar refractivity (Wildman–Crippen MR) is 92.9 cm³/mol. The van der Waals surface area contributed by atoms with E-state index in [1.165, 1.54) is 18.4 Å². The number of hydrogen-bond acceptors (Lipinski definition) is 6. The maximum atomic E-state index is 12.8. The highest BCUT2D eigenvalue weighted by Crippen LogP contribution is 2.16. The Balaban J connectivity index is 1.75. The van der Waals surface area contributed by atoms with Crippen molar-refractivity contribution in [1.29, 1.82) is 0 Å². The van der Waals surface area contributed by atoms with Gasteiger partial charge in [0, 0.05) is 31.3 Å². The van der Waals surface area contributed by atoms with Crippen molar-refractivity contribution >= 4 is 15.9 Å². The highest BCUT2D eigenvalue weighted by molar-refractivity contribution is 7.89. The Morgan fingerprint density at radius 1 is 1.38 bits per heavy atom. The molecule has 9 heteroatoms. The minimum absolute atomic E-state index is 0.0119. The van der Waals surface area contributed by atoms with E-state index >= 15 is 0 Å². The van der Waals surface area contributed by atoms with E-state index in [2.05, 4.69) is 14.4 Å². The molecule has 1 saturated heterocycles. The van der Waals surface area contributed by atoms with Crippen LogP contribution in [0.2, 0.25) is 0 Å². The molecule has 1 aliphatic rings. The number of aromatic nitrogens is 1. The van der Waals surface area contributed by atoms with Crippen LogP contribution in [0.15, 0.2) is 46.0 Å². The lowest BCUT2D eigenvalue weighted by Gasteiger charge is -2.22. The molecule has 1 aliphatic heterocycles. The molecule has 2 aromatic rings. The zero-order valence-corrected chi connectivity index (χ0v) is 15.2. The lowest BCUT2D eigenvalue weighted by Crippen LogP contribution is -2.36. The van der Waals surface area contributed by atoms with Crippen LogP contribution >= 0.6 is 0 Å². The SMILES string of the molecule is CC1CN(C(=O)c2cccc(S(=O)(=O)NCc3ccon3)c2)CCCO1. The molecule has 1 unspecified atom stereocenters. The third kappa shape index (κ3) is 4.48. The standard InChI is InChI=1S/C17H21N3O5S/c1-13-12-20(7-3-8-24-13)17(21)14-4-2-5-16(10-14)26(22,23)18-11-15-6-9-25-19-15/h2,4-6,9-10,13,18H,3,7-8,11-12H2,1H3. The number of amides is 1. The molecule has 8 nitrogen and oxygen atoms in total. The molecule has 0 spiro atoms. The van der Waals surface area contributed by atoms with Crippen molar-refractivity contribution in [1.82, 2.24) is 14.8 Å². The smallest absolute Gasteiger partial charge is 0.253 e. The third-order valence-corrected chi connectivity index (χ3v) is 5.46. The summed E-state index contributed by atoms with van der Waals surface area (Å²) in [6.45, 7) is 3.62. The summed E-state index contributed by atoms with van der Waals surface area (Å²) >= 11 is 0. The topological polar surface area (TPSA) is 102 Å². The van der Waals surface area contributed by atoms with Gasteiger partial charge in [-0.1, -0.05) is 11.2 Å². The number of nitrogens with zero attached hydrogens (tertiary/aromatic N) is 2. The first-order chi connectivity index (χ1) is 12.5. The number of carbonyl (C=O) groups excluding carboxylic acids is 1. The maximum absolute atomic E-state index is 12.8. The lowest BCUT2D eigenvalue weighted by atomic mass is 10.2. The van der Waals surface area contributed by atoms with E-state index in [9.17, 15) is 13.2 Å². The molecule has 140 valence electrons. The van der Waals surface area contributed by atoms with Crippen molar-refractivity contribution < 1.29 is 22.5 Å². The maximum Gasteiger partial charge on any atom is 0.253 e. The van der Waals surface area contributed by atoms with Gasteiger partial charge in [0.1, 0.15) is 6.26 Å². The van der Waals surface area contributed by atoms with Crippen LogP contribution < -0.4 is 4.72 Å². The summed E-state index contributed by atoms with van der Waals surface area (Å²) in [5.74, 6) is -0.198. The summed E-state index contributed by atoms with van der Waals surface area (Å²) in [4.78, 5) is 14.5. The van der Waals surface area contributed by atoms with E-state index in [4.69, 9.17) is 4.74 Å². The van der Waals surface area contributed by atoms with Gasteiger partial charge in [0.2, 0.25) is 10.0 Å². The van der Waals surface area contributed by atoms with Gasteiger partial charge in [0.25, 0.3) is 5.91 Å². The number of carbonyl (C=O) groups is 1. The molecular weight excluding hydrogens is 358 g/mol. The summed E-state index contributed by atoms with van der Waals surface area (Å²) in [5, 5.41) is 3.66. The predicted octanol–water partition coefficient (Wildman–Crippen LogP) is 1.40. The monoisotopic (exact) mass is 379 g/mol. The van der Waals surface area contributed by atoms with E-state index in [1.807, 2.05) is 6.92 Å². The summed E-state index contributed by atoms with van der Waals surface area (Å²) < 4.78 is 37.6. The first-order valence-corrected chi connectivity index (χ1v) is 9.84. The average Bonchev–Trinajstić information content (AvgIpc) is 3.07. The minimum Gasteiger partial charge on any atom is -0.377 e. The zero-order valence-electron chi connectivity index (χ0n) is 14.4. The van der Waals surface area contributed by atoms with Crippen LogP contribution in [0.3, 0.4) is 0 Å². The van der Waals surface area contributed by atoms with Crippen LogP contribution in [-0.4, -0.2) is 50.2 Å². The highest BCUT2D eigenvalue weighted by Gasteiger charge is 2.23. The summed E-state index contributed by atoms with van der Waals surface area (Å²) in [6, 6.07) is 7.61. The van der Waals surface area contributed by atoms with Gasteiger partial charge in [-0.15, -0.1) is 0 Å². The quantitative estimate of drug-likeness (QED) is 0.843. The number of hydrogen-bond donors (Lipinski definition) is 1. The Hall–Kier alpha value is -2.23. The summed E-state index contributed by atoms with van der Waals surface area (Å²) in [5.41, 5.74) is 0.808. The fourth-order valence-electron chi connectivity index (χ4n) is 2.74. The van der Waals surface area contributed by atoms with E-state index in [-0.39, 0.29) is 23.5 Å². The van der Waals surface area contributed by atoms with Crippen LogP contribution in [0.1, 0.15) is 29.4 Å². The van der Waals surface area contributed by atoms with E-state index in [1.54, 1.807) is 23.1 Å². The average molecular weight is 379 g/mol. The van der Waals surface area contributed by atoms with E-state index in [0.29, 0.717) is 31.0 Å². The van der Waals surface area contributed by atoms with Crippen molar-refractivity contribution in [2.45, 2.75) is 30.9 Å². The second kappa shape index (κ2) is 7.98. The largest absolute Gasteiger partial charge is 0.377 e. The molecule has 1 amide bonds. The van der Waals surface area contributed by atoms with Crippen LogP contribution in [0.5, 0.6) is 0 Å². The highest BCUT2D eigenvalue weighted by atomic mass is 32.2.